The van der Waals surface area contributed by atoms with Crippen molar-refractivity contribution in [2.75, 3.05) is 12.4 Å². The minimum absolute atomic E-state index is 0.142. The van der Waals surface area contributed by atoms with Gasteiger partial charge in [-0.25, -0.2) is 9.97 Å². The summed E-state index contributed by atoms with van der Waals surface area (Å²) >= 11 is 6.19. The summed E-state index contributed by atoms with van der Waals surface area (Å²) in [4.78, 5) is 8.23. The lowest BCUT2D eigenvalue weighted by Crippen LogP contribution is -1.93. The lowest BCUT2D eigenvalue weighted by Gasteiger charge is -2.10. The number of rotatable bonds is 3. The van der Waals surface area contributed by atoms with Crippen LogP contribution in [0.25, 0.3) is 10.9 Å². The fourth-order valence-corrected chi connectivity index (χ4v) is 2.16. The number of phenolic OH excluding ortho intramolecular Hbond substituents is 1. The molecule has 106 valence electrons. The molecule has 0 saturated heterocycles. The number of aromatic nitrogens is 2. The summed E-state index contributed by atoms with van der Waals surface area (Å²) in [5.41, 5.74) is 1.49. The second kappa shape index (κ2) is 5.46. The van der Waals surface area contributed by atoms with Crippen molar-refractivity contribution in [1.82, 2.24) is 9.97 Å². The molecule has 5 nitrogen and oxygen atoms in total. The van der Waals surface area contributed by atoms with Crippen LogP contribution in [-0.2, 0) is 0 Å². The lowest BCUT2D eigenvalue weighted by atomic mass is 10.2. The third kappa shape index (κ3) is 2.68. The molecule has 1 aromatic heterocycles. The van der Waals surface area contributed by atoms with E-state index in [4.69, 9.17) is 16.3 Å². The molecule has 3 rings (SSSR count). The molecular formula is C15H12ClN3O2. The topological polar surface area (TPSA) is 67.3 Å². The van der Waals surface area contributed by atoms with E-state index in [0.29, 0.717) is 27.6 Å². The van der Waals surface area contributed by atoms with Crippen molar-refractivity contribution in [1.29, 1.82) is 0 Å². The Balaban J connectivity index is 2.02. The van der Waals surface area contributed by atoms with E-state index >= 15 is 0 Å². The maximum absolute atomic E-state index is 9.48. The molecule has 0 spiro atoms. The quantitative estimate of drug-likeness (QED) is 0.769. The first-order chi connectivity index (χ1) is 10.2. The van der Waals surface area contributed by atoms with Gasteiger partial charge in [-0.3, -0.25) is 0 Å². The lowest BCUT2D eigenvalue weighted by molar-refractivity contribution is 0.467. The van der Waals surface area contributed by atoms with Gasteiger partial charge in [0.2, 0.25) is 5.88 Å². The Kier molecular flexibility index (Phi) is 3.50. The average molecular weight is 302 g/mol. The fourth-order valence-electron chi connectivity index (χ4n) is 1.95. The molecule has 0 amide bonds. The van der Waals surface area contributed by atoms with Crippen molar-refractivity contribution in [3.05, 3.63) is 47.7 Å². The number of halogens is 1. The summed E-state index contributed by atoms with van der Waals surface area (Å²) in [6.07, 6.45) is 1.38. The van der Waals surface area contributed by atoms with Crippen molar-refractivity contribution in [3.63, 3.8) is 0 Å². The number of hydrogen-bond acceptors (Lipinski definition) is 5. The van der Waals surface area contributed by atoms with Gasteiger partial charge in [0.25, 0.3) is 0 Å². The minimum Gasteiger partial charge on any atom is -0.508 e. The fraction of sp³-hybridized carbons (Fsp3) is 0.0667. The Morgan fingerprint density at radius 1 is 1.14 bits per heavy atom. The van der Waals surface area contributed by atoms with Crippen molar-refractivity contribution in [2.45, 2.75) is 0 Å². The Morgan fingerprint density at radius 3 is 2.76 bits per heavy atom. The number of anilines is 1. The normalized spacial score (nSPS) is 10.6. The van der Waals surface area contributed by atoms with E-state index in [0.717, 1.165) is 5.69 Å². The highest BCUT2D eigenvalue weighted by atomic mass is 35.5. The molecule has 0 radical (unpaired) electrons. The third-order valence-corrected chi connectivity index (χ3v) is 3.31. The minimum atomic E-state index is 0.142. The van der Waals surface area contributed by atoms with Crippen LogP contribution in [0.2, 0.25) is 5.02 Å². The summed E-state index contributed by atoms with van der Waals surface area (Å²) in [5.74, 6) is 1.03. The molecule has 2 aromatic carbocycles. The molecule has 0 atom stereocenters. The van der Waals surface area contributed by atoms with Gasteiger partial charge in [-0.1, -0.05) is 11.6 Å². The van der Waals surface area contributed by atoms with Gasteiger partial charge in [0.1, 0.15) is 17.8 Å². The number of nitrogens with one attached hydrogen (secondary N) is 1. The predicted octanol–water partition coefficient (Wildman–Crippen LogP) is 3.82. The molecule has 6 heteroatoms. The first kappa shape index (κ1) is 13.5. The monoisotopic (exact) mass is 301 g/mol. The molecular weight excluding hydrogens is 290 g/mol. The van der Waals surface area contributed by atoms with Crippen LogP contribution in [-0.4, -0.2) is 22.1 Å². The van der Waals surface area contributed by atoms with Crippen molar-refractivity contribution in [2.24, 2.45) is 0 Å². The molecule has 0 aliphatic carbocycles. The van der Waals surface area contributed by atoms with Crippen LogP contribution in [0.4, 0.5) is 5.69 Å². The molecule has 0 fully saturated rings. The highest BCUT2D eigenvalue weighted by Gasteiger charge is 2.09. The van der Waals surface area contributed by atoms with E-state index in [1.54, 1.807) is 30.3 Å². The van der Waals surface area contributed by atoms with Crippen LogP contribution < -0.4 is 10.1 Å². The van der Waals surface area contributed by atoms with Crippen molar-refractivity contribution < 1.29 is 9.84 Å². The molecule has 0 unspecified atom stereocenters. The van der Waals surface area contributed by atoms with Gasteiger partial charge < -0.3 is 15.2 Å². The Morgan fingerprint density at radius 2 is 2.00 bits per heavy atom. The number of hydrogen-bond donors (Lipinski definition) is 2. The molecule has 0 bridgehead atoms. The van der Waals surface area contributed by atoms with E-state index in [9.17, 15) is 5.11 Å². The number of phenols is 1. The van der Waals surface area contributed by atoms with Crippen LogP contribution >= 0.6 is 11.6 Å². The second-order valence-corrected chi connectivity index (χ2v) is 4.78. The smallest absolute Gasteiger partial charge is 0.230 e. The number of nitrogens with zero attached hydrogens (tertiary/aromatic N) is 2. The summed E-state index contributed by atoms with van der Waals surface area (Å²) < 4.78 is 5.77. The van der Waals surface area contributed by atoms with Crippen molar-refractivity contribution in [3.8, 4) is 17.4 Å². The average Bonchev–Trinajstić information content (AvgIpc) is 2.49. The van der Waals surface area contributed by atoms with E-state index < -0.39 is 0 Å². The first-order valence-corrected chi connectivity index (χ1v) is 6.64. The Hall–Kier alpha value is -2.53. The Labute approximate surface area is 126 Å². The van der Waals surface area contributed by atoms with Gasteiger partial charge >= 0.3 is 0 Å². The molecule has 0 aliphatic rings. The first-order valence-electron chi connectivity index (χ1n) is 6.26. The summed E-state index contributed by atoms with van der Waals surface area (Å²) in [7, 11) is 1.82. The highest BCUT2D eigenvalue weighted by molar-refractivity contribution is 6.32. The van der Waals surface area contributed by atoms with Gasteiger partial charge in [-0.15, -0.1) is 0 Å². The number of fused-ring (bicyclic) bond motifs is 1. The summed E-state index contributed by atoms with van der Waals surface area (Å²) in [6, 6.07) is 10.2. The number of ether oxygens (including phenoxy) is 1. The van der Waals surface area contributed by atoms with E-state index in [1.807, 2.05) is 13.1 Å². The van der Waals surface area contributed by atoms with Crippen LogP contribution in [0.1, 0.15) is 0 Å². The zero-order valence-corrected chi connectivity index (χ0v) is 11.9. The van der Waals surface area contributed by atoms with Crippen LogP contribution in [0, 0.1) is 0 Å². The molecule has 0 saturated carbocycles. The molecule has 0 aliphatic heterocycles. The van der Waals surface area contributed by atoms with Gasteiger partial charge in [0.15, 0.2) is 0 Å². The third-order valence-electron chi connectivity index (χ3n) is 3.01. The van der Waals surface area contributed by atoms with Gasteiger partial charge in [0.05, 0.1) is 15.9 Å². The zero-order chi connectivity index (χ0) is 14.8. The molecule has 2 N–H and O–H groups in total. The zero-order valence-electron chi connectivity index (χ0n) is 11.2. The number of aromatic hydroxyl groups is 1. The van der Waals surface area contributed by atoms with Crippen LogP contribution in [0.5, 0.6) is 17.4 Å². The molecule has 3 aromatic rings. The largest absolute Gasteiger partial charge is 0.508 e. The summed E-state index contributed by atoms with van der Waals surface area (Å²) in [5, 5.41) is 13.7. The molecule has 21 heavy (non-hydrogen) atoms. The van der Waals surface area contributed by atoms with E-state index in [1.165, 1.54) is 6.33 Å². The SMILES string of the molecule is CNc1ccc(Oc2ncnc3cc(O)ccc23)c(Cl)c1. The predicted molar refractivity (Wildman–Crippen MR) is 82.3 cm³/mol. The summed E-state index contributed by atoms with van der Waals surface area (Å²) in [6.45, 7) is 0. The highest BCUT2D eigenvalue weighted by Crippen LogP contribution is 2.33. The Bertz CT molecular complexity index is 808. The maximum Gasteiger partial charge on any atom is 0.230 e. The molecule has 1 heterocycles. The standard InChI is InChI=1S/C15H12ClN3O2/c1-17-9-2-5-14(12(16)6-9)21-15-11-4-3-10(20)7-13(11)18-8-19-15/h2-8,17,20H,1H3. The number of benzene rings is 2. The van der Waals surface area contributed by atoms with Crippen LogP contribution in [0.15, 0.2) is 42.7 Å². The van der Waals surface area contributed by atoms with E-state index in [2.05, 4.69) is 15.3 Å². The second-order valence-electron chi connectivity index (χ2n) is 4.38. The van der Waals surface area contributed by atoms with Gasteiger partial charge in [-0.2, -0.15) is 0 Å². The van der Waals surface area contributed by atoms with Crippen molar-refractivity contribution >= 4 is 28.2 Å². The maximum atomic E-state index is 9.48. The van der Waals surface area contributed by atoms with Gasteiger partial charge in [0, 0.05) is 18.8 Å². The van der Waals surface area contributed by atoms with Gasteiger partial charge in [-0.05, 0) is 30.3 Å². The van der Waals surface area contributed by atoms with E-state index in [-0.39, 0.29) is 5.75 Å². The van der Waals surface area contributed by atoms with Crippen LogP contribution in [0.3, 0.4) is 0 Å².